The molecule has 0 aliphatic rings. The lowest BCUT2D eigenvalue weighted by Gasteiger charge is -2.40. The molecule has 0 bridgehead atoms. The zero-order chi connectivity index (χ0) is 34.5. The number of carboxylic acids is 4. The van der Waals surface area contributed by atoms with E-state index in [-0.39, 0.29) is 38.9 Å². The summed E-state index contributed by atoms with van der Waals surface area (Å²) in [7, 11) is -4.49. The van der Waals surface area contributed by atoms with Crippen molar-refractivity contribution in [3.05, 3.63) is 0 Å². The number of nitrogens with one attached hydrogen (secondary N) is 1. The first-order valence-electron chi connectivity index (χ1n) is 14.1. The Morgan fingerprint density at radius 3 is 1.64 bits per heavy atom. The summed E-state index contributed by atoms with van der Waals surface area (Å²) in [6.07, 6.45) is -1.89. The summed E-state index contributed by atoms with van der Waals surface area (Å²) in [5.41, 5.74) is 0. The maximum Gasteiger partial charge on any atom is 0.492 e. The molecule has 0 aromatic rings. The van der Waals surface area contributed by atoms with Crippen molar-refractivity contribution in [2.24, 2.45) is 41.4 Å². The Kier molecular flexibility index (Phi) is 16.8. The first kappa shape index (κ1) is 40.4. The van der Waals surface area contributed by atoms with Crippen LogP contribution in [0.5, 0.6) is 0 Å². The van der Waals surface area contributed by atoms with Crippen molar-refractivity contribution in [1.29, 1.82) is 0 Å². The first-order valence-corrected chi connectivity index (χ1v) is 16.1. The fraction of sp³-hybridized carbons (Fsp3) is 0.731. The van der Waals surface area contributed by atoms with E-state index >= 15 is 0 Å². The summed E-state index contributed by atoms with van der Waals surface area (Å²) in [6, 6.07) is -0.498. The summed E-state index contributed by atoms with van der Waals surface area (Å²) in [5, 5.41) is 42.6. The minimum Gasteiger partial charge on any atom is -0.481 e. The predicted molar refractivity (Wildman–Crippen MR) is 150 cm³/mol. The van der Waals surface area contributed by atoms with Crippen LogP contribution < -0.4 is 5.32 Å². The Bertz CT molecular complexity index is 1030. The van der Waals surface area contributed by atoms with Gasteiger partial charge in [-0.3, -0.25) is 33.6 Å². The molecule has 18 heteroatoms. The van der Waals surface area contributed by atoms with Crippen molar-refractivity contribution in [2.75, 3.05) is 19.6 Å². The molecule has 0 aromatic heterocycles. The fourth-order valence-electron chi connectivity index (χ4n) is 5.51. The van der Waals surface area contributed by atoms with Crippen molar-refractivity contribution in [3.8, 4) is 0 Å². The summed E-state index contributed by atoms with van der Waals surface area (Å²) >= 11 is 0. The van der Waals surface area contributed by atoms with Crippen LogP contribution in [0.3, 0.4) is 0 Å². The smallest absolute Gasteiger partial charge is 0.481 e. The van der Waals surface area contributed by atoms with Gasteiger partial charge in [-0.25, -0.2) is 0 Å². The highest BCUT2D eigenvalue weighted by Crippen LogP contribution is 2.41. The van der Waals surface area contributed by atoms with Crippen LogP contribution in [-0.4, -0.2) is 116 Å². The monoisotopic (exact) mass is 652 g/mol. The van der Waals surface area contributed by atoms with Crippen molar-refractivity contribution >= 4 is 51.0 Å². The molecule has 0 aliphatic heterocycles. The highest BCUT2D eigenvalue weighted by Gasteiger charge is 2.55. The molecule has 252 valence electrons. The molecular formula is C26H44N2O15Si. The second-order valence-electron chi connectivity index (χ2n) is 10.5. The van der Waals surface area contributed by atoms with E-state index in [2.05, 4.69) is 5.32 Å². The van der Waals surface area contributed by atoms with Crippen LogP contribution in [0.15, 0.2) is 0 Å². The van der Waals surface area contributed by atoms with Crippen LogP contribution in [-0.2, 0) is 38.3 Å². The van der Waals surface area contributed by atoms with Gasteiger partial charge in [0.2, 0.25) is 11.8 Å². The maximum absolute atomic E-state index is 14.0. The summed E-state index contributed by atoms with van der Waals surface area (Å²) in [5.74, 6) is -22.9. The molecule has 8 N–H and O–H groups in total. The number of carbonyl (C=O) groups is 7. The van der Waals surface area contributed by atoms with Gasteiger partial charge < -0.3 is 49.8 Å². The highest BCUT2D eigenvalue weighted by molar-refractivity contribution is 6.56. The van der Waals surface area contributed by atoms with Crippen LogP contribution in [0.1, 0.15) is 47.5 Å². The molecule has 0 spiro atoms. The number of aliphatic carboxylic acids is 4. The topological polar surface area (TPSA) is 286 Å². The third-order valence-electron chi connectivity index (χ3n) is 7.76. The number of nitrogens with zero attached hydrogens (tertiary/aromatic N) is 1. The molecule has 8 atom stereocenters. The summed E-state index contributed by atoms with van der Waals surface area (Å²) in [4.78, 5) is 117. The fourth-order valence-corrected chi connectivity index (χ4v) is 6.16. The Balaban J connectivity index is 7.45. The van der Waals surface area contributed by atoms with Crippen LogP contribution in [0, 0.1) is 41.4 Å². The molecule has 0 heterocycles. The number of carboxylic acid groups (broad SMARTS) is 4. The molecule has 44 heavy (non-hydrogen) atoms. The van der Waals surface area contributed by atoms with Gasteiger partial charge in [0.25, 0.3) is 6.47 Å². The number of rotatable bonds is 22. The SMILES string of the molecule is CCC(OC=O)C(C(=O)NCCC[Si](O)(O)O)[C@@H](C(=O)O)C(C(=O)N(CC)CC)[C@@H](C(=O)O)[C@@H](C)[C@@H](C(=O)O)C(C)C(=O)O. The van der Waals surface area contributed by atoms with E-state index in [0.29, 0.717) is 0 Å². The number of hydrogen-bond acceptors (Lipinski definition) is 11. The molecule has 0 radical (unpaired) electrons. The van der Waals surface area contributed by atoms with E-state index in [0.717, 1.165) is 18.7 Å². The molecular weight excluding hydrogens is 608 g/mol. The normalized spacial score (nSPS) is 17.0. The van der Waals surface area contributed by atoms with E-state index in [4.69, 9.17) is 4.74 Å². The molecule has 0 saturated carbocycles. The highest BCUT2D eigenvalue weighted by atomic mass is 28.4. The molecule has 0 aliphatic carbocycles. The third kappa shape index (κ3) is 11.1. The van der Waals surface area contributed by atoms with Crippen LogP contribution in [0.2, 0.25) is 6.04 Å². The van der Waals surface area contributed by atoms with Crippen molar-refractivity contribution in [3.63, 3.8) is 0 Å². The van der Waals surface area contributed by atoms with E-state index in [1.165, 1.54) is 20.8 Å². The van der Waals surface area contributed by atoms with E-state index in [9.17, 15) is 68.4 Å². The molecule has 0 aromatic carbocycles. The van der Waals surface area contributed by atoms with Crippen molar-refractivity contribution in [2.45, 2.75) is 59.6 Å². The van der Waals surface area contributed by atoms with Gasteiger partial charge >= 0.3 is 32.7 Å². The minimum absolute atomic E-state index is 0.0409. The number of amides is 2. The van der Waals surface area contributed by atoms with Gasteiger partial charge in [-0.2, -0.15) is 0 Å². The molecule has 2 amide bonds. The lowest BCUT2D eigenvalue weighted by molar-refractivity contribution is -0.172. The van der Waals surface area contributed by atoms with Gasteiger partial charge in [0.15, 0.2) is 0 Å². The van der Waals surface area contributed by atoms with Crippen molar-refractivity contribution < 1.29 is 73.1 Å². The Hall–Kier alpha value is -3.61. The molecule has 17 nitrogen and oxygen atoms in total. The molecule has 4 unspecified atom stereocenters. The summed E-state index contributed by atoms with van der Waals surface area (Å²) in [6.45, 7) is 6.07. The quantitative estimate of drug-likeness (QED) is 0.0392. The minimum atomic E-state index is -4.49. The van der Waals surface area contributed by atoms with Gasteiger partial charge in [0.05, 0.1) is 35.5 Å². The van der Waals surface area contributed by atoms with Crippen LogP contribution in [0.25, 0.3) is 0 Å². The van der Waals surface area contributed by atoms with Crippen LogP contribution >= 0.6 is 0 Å². The largest absolute Gasteiger partial charge is 0.492 e. The molecule has 0 rings (SSSR count). The number of hydrogen-bond donors (Lipinski definition) is 8. The standard InChI is InChI=1S/C26H44N2O15Si/c1-6-15(43-12-29)18(21(30)27-10-9-11-44(40,41)42)20(26(38)39)19(22(31)28(7-2)8-3)17(25(36)37)13(4)16(24(34)35)14(5)23(32)33/h12-20,40-42H,6-11H2,1-5H3,(H,27,30)(H,32,33)(H,34,35)(H,36,37)(H,38,39)/t13-,14?,15?,16+,17-,18?,19?,20+/m0/s1. The Morgan fingerprint density at radius 2 is 1.27 bits per heavy atom. The predicted octanol–water partition coefficient (Wildman–Crippen LogP) is -1.08. The maximum atomic E-state index is 14.0. The lowest BCUT2D eigenvalue weighted by atomic mass is 9.64. The zero-order valence-corrected chi connectivity index (χ0v) is 26.3. The Morgan fingerprint density at radius 1 is 0.773 bits per heavy atom. The zero-order valence-electron chi connectivity index (χ0n) is 25.3. The number of ether oxygens (including phenoxy) is 1. The molecule has 0 fully saturated rings. The van der Waals surface area contributed by atoms with Gasteiger partial charge in [0, 0.05) is 25.7 Å². The van der Waals surface area contributed by atoms with E-state index in [1.807, 2.05) is 0 Å². The number of carbonyl (C=O) groups excluding carboxylic acids is 3. The second-order valence-corrected chi connectivity index (χ2v) is 12.5. The van der Waals surface area contributed by atoms with Gasteiger partial charge in [0.1, 0.15) is 6.10 Å². The molecule has 0 saturated heterocycles. The average Bonchev–Trinajstić information content (AvgIpc) is 2.91. The lowest BCUT2D eigenvalue weighted by Crippen LogP contribution is -2.56. The van der Waals surface area contributed by atoms with Gasteiger partial charge in [-0.15, -0.1) is 0 Å². The third-order valence-corrected chi connectivity index (χ3v) is 8.79. The van der Waals surface area contributed by atoms with Crippen molar-refractivity contribution in [1.82, 2.24) is 10.2 Å². The second kappa shape index (κ2) is 18.3. The first-order chi connectivity index (χ1) is 20.3. The van der Waals surface area contributed by atoms with E-state index < -0.39 is 98.1 Å². The van der Waals surface area contributed by atoms with Crippen LogP contribution in [0.4, 0.5) is 0 Å². The average molecular weight is 653 g/mol. The van der Waals surface area contributed by atoms with Gasteiger partial charge in [-0.05, 0) is 32.6 Å². The van der Waals surface area contributed by atoms with E-state index in [1.54, 1.807) is 0 Å². The Labute approximate surface area is 255 Å². The summed E-state index contributed by atoms with van der Waals surface area (Å²) < 4.78 is 5.00. The van der Waals surface area contributed by atoms with Gasteiger partial charge in [-0.1, -0.05) is 20.8 Å².